The van der Waals surface area contributed by atoms with Gasteiger partial charge < -0.3 is 5.73 Å². The predicted octanol–water partition coefficient (Wildman–Crippen LogP) is -1.26. The van der Waals surface area contributed by atoms with Crippen LogP contribution in [0, 0.1) is 11.3 Å². The van der Waals surface area contributed by atoms with Crippen molar-refractivity contribution in [2.75, 3.05) is 12.4 Å². The number of nitrogens with one attached hydrogen (secondary N) is 1. The number of hydrogen-bond acceptors (Lipinski definition) is 2. The Bertz CT molecular complexity index is 178. The van der Waals surface area contributed by atoms with Crippen LogP contribution in [0.3, 0.4) is 0 Å². The summed E-state index contributed by atoms with van der Waals surface area (Å²) in [5.74, 6) is 0.356. The van der Waals surface area contributed by atoms with Crippen molar-refractivity contribution in [3.8, 4) is 6.07 Å². The van der Waals surface area contributed by atoms with Crippen LogP contribution in [-0.2, 0) is 0 Å². The van der Waals surface area contributed by atoms with Gasteiger partial charge in [-0.3, -0.25) is 0 Å². The van der Waals surface area contributed by atoms with Crippen molar-refractivity contribution >= 4 is 17.8 Å². The molecule has 10 heavy (non-hydrogen) atoms. The molecule has 54 valence electrons. The van der Waals surface area contributed by atoms with E-state index in [2.05, 4.69) is 4.99 Å². The normalized spacial score (nSPS) is 11.8. The molecule has 0 aromatic heterocycles. The number of alkyl halides is 1. The van der Waals surface area contributed by atoms with Crippen molar-refractivity contribution in [2.24, 2.45) is 5.73 Å². The minimum Gasteiger partial charge on any atom is -0.404 e. The van der Waals surface area contributed by atoms with Crippen molar-refractivity contribution in [3.63, 3.8) is 0 Å². The Labute approximate surface area is 64.8 Å². The standard InChI is InChI=1S/C6H8ClN3/c7-3-6(4-9)5-10-2-1-8/h4-5H,2-3,9H2/p+1/b6-4-,10-5?. The molecule has 0 rings (SSSR count). The lowest BCUT2D eigenvalue weighted by Crippen LogP contribution is -2.68. The van der Waals surface area contributed by atoms with Crippen LogP contribution >= 0.6 is 11.6 Å². The van der Waals surface area contributed by atoms with E-state index < -0.39 is 0 Å². The maximum Gasteiger partial charge on any atom is 0.226 e. The van der Waals surface area contributed by atoms with Gasteiger partial charge in [0, 0.05) is 11.8 Å². The van der Waals surface area contributed by atoms with E-state index in [1.807, 2.05) is 6.07 Å². The third kappa shape index (κ3) is 3.93. The zero-order valence-corrected chi connectivity index (χ0v) is 6.23. The van der Waals surface area contributed by atoms with Crippen LogP contribution in [0.15, 0.2) is 11.8 Å². The minimum absolute atomic E-state index is 0.272. The molecule has 0 heterocycles. The summed E-state index contributed by atoms with van der Waals surface area (Å²) >= 11 is 5.44. The molecule has 0 aliphatic heterocycles. The van der Waals surface area contributed by atoms with E-state index >= 15 is 0 Å². The molecule has 4 heteroatoms. The van der Waals surface area contributed by atoms with Crippen LogP contribution in [0.5, 0.6) is 0 Å². The van der Waals surface area contributed by atoms with Crippen LogP contribution in [0.1, 0.15) is 0 Å². The molecule has 0 bridgehead atoms. The summed E-state index contributed by atoms with van der Waals surface area (Å²) in [6.45, 7) is 0.272. The maximum absolute atomic E-state index is 8.11. The number of nitriles is 1. The SMILES string of the molecule is N#CC[NH+]=C/C(=C\N)CCl. The first-order valence-electron chi connectivity index (χ1n) is 2.75. The third-order valence-electron chi connectivity index (χ3n) is 0.837. The summed E-state index contributed by atoms with van der Waals surface area (Å²) in [5.41, 5.74) is 5.94. The van der Waals surface area contributed by atoms with E-state index in [0.29, 0.717) is 5.88 Å². The average molecular weight is 159 g/mol. The molecule has 0 saturated heterocycles. The number of nitrogens with two attached hydrogens (primary N) is 1. The summed E-state index contributed by atoms with van der Waals surface area (Å²) in [5, 5.41) is 8.11. The number of allylic oxidation sites excluding steroid dienone is 1. The number of nitrogens with zero attached hydrogens (tertiary/aromatic N) is 1. The molecule has 0 aliphatic carbocycles. The van der Waals surface area contributed by atoms with Gasteiger partial charge in [0.25, 0.3) is 0 Å². The molecule has 0 atom stereocenters. The smallest absolute Gasteiger partial charge is 0.226 e. The van der Waals surface area contributed by atoms with Crippen molar-refractivity contribution in [1.29, 1.82) is 5.26 Å². The van der Waals surface area contributed by atoms with Gasteiger partial charge in [0.1, 0.15) is 6.07 Å². The Kier molecular flexibility index (Phi) is 5.50. The molecular weight excluding hydrogens is 150 g/mol. The monoisotopic (exact) mass is 158 g/mol. The zero-order valence-electron chi connectivity index (χ0n) is 5.47. The predicted molar refractivity (Wildman–Crippen MR) is 40.5 cm³/mol. The molecule has 3 N–H and O–H groups in total. The molecule has 0 aromatic carbocycles. The summed E-state index contributed by atoms with van der Waals surface area (Å²) in [6, 6.07) is 1.92. The van der Waals surface area contributed by atoms with Crippen molar-refractivity contribution in [1.82, 2.24) is 0 Å². The Morgan fingerprint density at radius 1 is 1.80 bits per heavy atom. The second-order valence-electron chi connectivity index (χ2n) is 1.56. The molecule has 0 spiro atoms. The highest BCUT2D eigenvalue weighted by Crippen LogP contribution is 1.86. The lowest BCUT2D eigenvalue weighted by atomic mass is 10.4. The second kappa shape index (κ2) is 6.12. The van der Waals surface area contributed by atoms with Crippen molar-refractivity contribution in [3.05, 3.63) is 11.8 Å². The number of halogens is 1. The molecule has 0 amide bonds. The average Bonchev–Trinajstić information content (AvgIpc) is 1.99. The maximum atomic E-state index is 8.11. The Hall–Kier alpha value is -1.01. The van der Waals surface area contributed by atoms with Gasteiger partial charge >= 0.3 is 0 Å². The number of rotatable bonds is 3. The fourth-order valence-electron chi connectivity index (χ4n) is 0.359. The van der Waals surface area contributed by atoms with E-state index in [4.69, 9.17) is 22.6 Å². The quantitative estimate of drug-likeness (QED) is 0.306. The molecule has 0 fully saturated rings. The molecule has 0 unspecified atom stereocenters. The molecule has 3 nitrogen and oxygen atoms in total. The largest absolute Gasteiger partial charge is 0.404 e. The highest BCUT2D eigenvalue weighted by molar-refractivity contribution is 6.21. The number of hydrogen-bond donors (Lipinski definition) is 2. The van der Waals surface area contributed by atoms with Gasteiger partial charge in [-0.05, 0) is 0 Å². The van der Waals surface area contributed by atoms with Crippen LogP contribution in [-0.4, -0.2) is 18.6 Å². The second-order valence-corrected chi connectivity index (χ2v) is 1.83. The van der Waals surface area contributed by atoms with Gasteiger partial charge in [0.2, 0.25) is 6.54 Å². The highest BCUT2D eigenvalue weighted by Gasteiger charge is 1.90. The van der Waals surface area contributed by atoms with Crippen molar-refractivity contribution < 1.29 is 4.99 Å². The molecule has 0 aliphatic rings. The Morgan fingerprint density at radius 3 is 2.90 bits per heavy atom. The van der Waals surface area contributed by atoms with E-state index in [0.717, 1.165) is 5.57 Å². The van der Waals surface area contributed by atoms with Crippen LogP contribution in [0.25, 0.3) is 0 Å². The van der Waals surface area contributed by atoms with Gasteiger partial charge in [0.15, 0.2) is 6.21 Å². The van der Waals surface area contributed by atoms with E-state index in [1.54, 1.807) is 6.21 Å². The lowest BCUT2D eigenvalue weighted by Gasteiger charge is -1.84. The van der Waals surface area contributed by atoms with E-state index in [1.165, 1.54) is 6.20 Å². The first-order chi connectivity index (χ1) is 4.85. The summed E-state index contributed by atoms with van der Waals surface area (Å²) in [6.07, 6.45) is 3.02. The minimum atomic E-state index is 0.272. The van der Waals surface area contributed by atoms with Crippen LogP contribution in [0.4, 0.5) is 0 Å². The van der Waals surface area contributed by atoms with Gasteiger partial charge in [-0.25, -0.2) is 4.99 Å². The van der Waals surface area contributed by atoms with E-state index in [9.17, 15) is 0 Å². The van der Waals surface area contributed by atoms with Gasteiger partial charge in [-0.2, -0.15) is 5.26 Å². The van der Waals surface area contributed by atoms with Crippen LogP contribution in [0.2, 0.25) is 0 Å². The molecular formula is C6H9ClN3+. The van der Waals surface area contributed by atoms with Gasteiger partial charge in [0.05, 0.1) is 5.88 Å². The highest BCUT2D eigenvalue weighted by atomic mass is 35.5. The zero-order chi connectivity index (χ0) is 7.82. The first-order valence-corrected chi connectivity index (χ1v) is 3.29. The molecule has 0 saturated carbocycles. The summed E-state index contributed by atoms with van der Waals surface area (Å²) in [7, 11) is 0. The van der Waals surface area contributed by atoms with E-state index in [-0.39, 0.29) is 6.54 Å². The molecule has 0 radical (unpaired) electrons. The topological polar surface area (TPSA) is 63.8 Å². The molecule has 0 aromatic rings. The third-order valence-corrected chi connectivity index (χ3v) is 1.15. The van der Waals surface area contributed by atoms with Gasteiger partial charge in [-0.1, -0.05) is 0 Å². The summed E-state index contributed by atoms with van der Waals surface area (Å²) < 4.78 is 0. The van der Waals surface area contributed by atoms with Crippen LogP contribution < -0.4 is 10.7 Å². The first kappa shape index (κ1) is 8.99. The Morgan fingerprint density at radius 2 is 2.50 bits per heavy atom. The van der Waals surface area contributed by atoms with Gasteiger partial charge in [-0.15, -0.1) is 11.6 Å². The van der Waals surface area contributed by atoms with Crippen molar-refractivity contribution in [2.45, 2.75) is 0 Å². The fourth-order valence-corrected chi connectivity index (χ4v) is 0.525. The Balaban J connectivity index is 3.77. The summed E-state index contributed by atoms with van der Waals surface area (Å²) in [4.78, 5) is 2.72. The lowest BCUT2D eigenvalue weighted by molar-refractivity contribution is -0.436. The fraction of sp³-hybridized carbons (Fsp3) is 0.333.